The zero-order chi connectivity index (χ0) is 9.80. The van der Waals surface area contributed by atoms with Crippen LogP contribution in [0.5, 0.6) is 0 Å². The van der Waals surface area contributed by atoms with Gasteiger partial charge < -0.3 is 4.74 Å². The highest BCUT2D eigenvalue weighted by molar-refractivity contribution is 5.19. The van der Waals surface area contributed by atoms with E-state index in [1.807, 2.05) is 0 Å². The summed E-state index contributed by atoms with van der Waals surface area (Å²) < 4.78 is 5.53. The van der Waals surface area contributed by atoms with E-state index in [1.165, 1.54) is 5.56 Å². The first-order chi connectivity index (χ1) is 6.92. The van der Waals surface area contributed by atoms with Crippen molar-refractivity contribution in [3.63, 3.8) is 0 Å². The fourth-order valence-corrected chi connectivity index (χ4v) is 2.00. The van der Waals surface area contributed by atoms with Crippen LogP contribution in [0.4, 0.5) is 0 Å². The van der Waals surface area contributed by atoms with E-state index in [4.69, 9.17) is 4.74 Å². The maximum Gasteiger partial charge on any atom is 0.0664 e. The first-order valence-corrected chi connectivity index (χ1v) is 5.28. The molecule has 0 unspecified atom stereocenters. The lowest BCUT2D eigenvalue weighted by Crippen LogP contribution is -2.39. The molecule has 1 aromatic rings. The Labute approximate surface area is 85.5 Å². The van der Waals surface area contributed by atoms with Crippen molar-refractivity contribution in [1.29, 1.82) is 0 Å². The normalized spacial score (nSPS) is 23.6. The van der Waals surface area contributed by atoms with Crippen LogP contribution in [0, 0.1) is 0 Å². The first kappa shape index (κ1) is 9.69. The van der Waals surface area contributed by atoms with E-state index < -0.39 is 0 Å². The van der Waals surface area contributed by atoms with Gasteiger partial charge in [0, 0.05) is 6.54 Å². The molecule has 14 heavy (non-hydrogen) atoms. The molecule has 1 saturated heterocycles. The number of benzene rings is 1. The molecule has 0 aliphatic carbocycles. The molecule has 2 rings (SSSR count). The molecule has 0 saturated carbocycles. The van der Waals surface area contributed by atoms with E-state index in [0.29, 0.717) is 6.04 Å². The minimum atomic E-state index is 0.454. The van der Waals surface area contributed by atoms with Crippen molar-refractivity contribution in [2.75, 3.05) is 26.3 Å². The topological polar surface area (TPSA) is 12.5 Å². The Morgan fingerprint density at radius 3 is 2.86 bits per heavy atom. The van der Waals surface area contributed by atoms with Gasteiger partial charge in [-0.2, -0.15) is 0 Å². The van der Waals surface area contributed by atoms with Gasteiger partial charge >= 0.3 is 0 Å². The summed E-state index contributed by atoms with van der Waals surface area (Å²) in [4.78, 5) is 2.47. The van der Waals surface area contributed by atoms with Crippen LogP contribution in [0.3, 0.4) is 0 Å². The van der Waals surface area contributed by atoms with Gasteiger partial charge in [0.25, 0.3) is 0 Å². The zero-order valence-electron chi connectivity index (χ0n) is 8.65. The molecule has 2 nitrogen and oxygen atoms in total. The van der Waals surface area contributed by atoms with Crippen LogP contribution in [-0.4, -0.2) is 31.2 Å². The second-order valence-corrected chi connectivity index (χ2v) is 3.63. The Morgan fingerprint density at radius 1 is 1.36 bits per heavy atom. The molecule has 1 aliphatic heterocycles. The maximum absolute atomic E-state index is 5.53. The molecule has 0 aromatic heterocycles. The van der Waals surface area contributed by atoms with E-state index >= 15 is 0 Å². The van der Waals surface area contributed by atoms with Crippen molar-refractivity contribution in [2.24, 2.45) is 0 Å². The standard InChI is InChI=1S/C12H17NO/c1-2-13-8-9-14-10-12(13)11-6-4-3-5-7-11/h3-7,12H,2,8-10H2,1H3/t12-/m1/s1. The number of morpholine rings is 1. The van der Waals surface area contributed by atoms with E-state index in [9.17, 15) is 0 Å². The molecule has 1 atom stereocenters. The maximum atomic E-state index is 5.53. The number of hydrogen-bond acceptors (Lipinski definition) is 2. The molecule has 0 radical (unpaired) electrons. The summed E-state index contributed by atoms with van der Waals surface area (Å²) in [5.41, 5.74) is 1.37. The summed E-state index contributed by atoms with van der Waals surface area (Å²) in [6.07, 6.45) is 0. The monoisotopic (exact) mass is 191 g/mol. The molecule has 1 fully saturated rings. The van der Waals surface area contributed by atoms with Gasteiger partial charge in [-0.1, -0.05) is 37.3 Å². The average molecular weight is 191 g/mol. The minimum Gasteiger partial charge on any atom is -0.378 e. The third-order valence-electron chi connectivity index (χ3n) is 2.83. The van der Waals surface area contributed by atoms with Crippen molar-refractivity contribution in [1.82, 2.24) is 4.90 Å². The van der Waals surface area contributed by atoms with Crippen LogP contribution in [-0.2, 0) is 4.74 Å². The molecule has 0 N–H and O–H groups in total. The molecule has 0 spiro atoms. The molecule has 0 amide bonds. The Hall–Kier alpha value is -0.860. The van der Waals surface area contributed by atoms with Gasteiger partial charge in [0.2, 0.25) is 0 Å². The van der Waals surface area contributed by atoms with Gasteiger partial charge in [0.05, 0.1) is 19.3 Å². The van der Waals surface area contributed by atoms with Crippen LogP contribution >= 0.6 is 0 Å². The Morgan fingerprint density at radius 2 is 2.14 bits per heavy atom. The van der Waals surface area contributed by atoms with E-state index in [0.717, 1.165) is 26.3 Å². The van der Waals surface area contributed by atoms with Gasteiger partial charge in [-0.3, -0.25) is 4.90 Å². The second kappa shape index (κ2) is 4.58. The summed E-state index contributed by atoms with van der Waals surface area (Å²) in [6, 6.07) is 11.1. The summed E-state index contributed by atoms with van der Waals surface area (Å²) in [5, 5.41) is 0. The Bertz CT molecular complexity index is 273. The molecular weight excluding hydrogens is 174 g/mol. The Kier molecular flexibility index (Phi) is 3.17. The second-order valence-electron chi connectivity index (χ2n) is 3.63. The number of likely N-dealkylation sites (N-methyl/N-ethyl adjacent to an activating group) is 1. The summed E-state index contributed by atoms with van der Waals surface area (Å²) >= 11 is 0. The molecule has 1 aliphatic rings. The van der Waals surface area contributed by atoms with E-state index in [1.54, 1.807) is 0 Å². The minimum absolute atomic E-state index is 0.454. The fraction of sp³-hybridized carbons (Fsp3) is 0.500. The third kappa shape index (κ3) is 1.97. The lowest BCUT2D eigenvalue weighted by atomic mass is 10.1. The summed E-state index contributed by atoms with van der Waals surface area (Å²) in [5.74, 6) is 0. The van der Waals surface area contributed by atoms with Crippen LogP contribution in [0.25, 0.3) is 0 Å². The quantitative estimate of drug-likeness (QED) is 0.709. The first-order valence-electron chi connectivity index (χ1n) is 5.28. The molecule has 0 bridgehead atoms. The smallest absolute Gasteiger partial charge is 0.0664 e. The van der Waals surface area contributed by atoms with Gasteiger partial charge in [-0.05, 0) is 12.1 Å². The molecular formula is C12H17NO. The highest BCUT2D eigenvalue weighted by atomic mass is 16.5. The van der Waals surface area contributed by atoms with Crippen LogP contribution in [0.1, 0.15) is 18.5 Å². The number of ether oxygens (including phenoxy) is 1. The molecule has 1 aromatic carbocycles. The zero-order valence-corrected chi connectivity index (χ0v) is 8.65. The predicted molar refractivity (Wildman–Crippen MR) is 57.2 cm³/mol. The molecule has 2 heteroatoms. The van der Waals surface area contributed by atoms with E-state index in [-0.39, 0.29) is 0 Å². The lowest BCUT2D eigenvalue weighted by Gasteiger charge is -2.34. The number of rotatable bonds is 2. The van der Waals surface area contributed by atoms with Crippen molar-refractivity contribution >= 4 is 0 Å². The van der Waals surface area contributed by atoms with Crippen molar-refractivity contribution in [3.05, 3.63) is 35.9 Å². The number of hydrogen-bond donors (Lipinski definition) is 0. The molecule has 76 valence electrons. The highest BCUT2D eigenvalue weighted by Crippen LogP contribution is 2.23. The van der Waals surface area contributed by atoms with Crippen LogP contribution in [0.2, 0.25) is 0 Å². The van der Waals surface area contributed by atoms with Crippen molar-refractivity contribution in [2.45, 2.75) is 13.0 Å². The number of nitrogens with zero attached hydrogens (tertiary/aromatic N) is 1. The van der Waals surface area contributed by atoms with Gasteiger partial charge in [-0.25, -0.2) is 0 Å². The van der Waals surface area contributed by atoms with Crippen molar-refractivity contribution < 1.29 is 4.74 Å². The SMILES string of the molecule is CCN1CCOC[C@@H]1c1ccccc1. The average Bonchev–Trinajstić information content (AvgIpc) is 2.30. The van der Waals surface area contributed by atoms with Crippen LogP contribution < -0.4 is 0 Å². The third-order valence-corrected chi connectivity index (χ3v) is 2.83. The predicted octanol–water partition coefficient (Wildman–Crippen LogP) is 2.08. The van der Waals surface area contributed by atoms with Crippen molar-refractivity contribution in [3.8, 4) is 0 Å². The Balaban J connectivity index is 2.15. The highest BCUT2D eigenvalue weighted by Gasteiger charge is 2.22. The van der Waals surface area contributed by atoms with Gasteiger partial charge in [0.15, 0.2) is 0 Å². The van der Waals surface area contributed by atoms with Gasteiger partial charge in [-0.15, -0.1) is 0 Å². The summed E-state index contributed by atoms with van der Waals surface area (Å²) in [7, 11) is 0. The van der Waals surface area contributed by atoms with Gasteiger partial charge in [0.1, 0.15) is 0 Å². The summed E-state index contributed by atoms with van der Waals surface area (Å²) in [6.45, 7) is 6.06. The van der Waals surface area contributed by atoms with Crippen LogP contribution in [0.15, 0.2) is 30.3 Å². The van der Waals surface area contributed by atoms with E-state index in [2.05, 4.69) is 42.2 Å². The molecule has 1 heterocycles. The lowest BCUT2D eigenvalue weighted by molar-refractivity contribution is -0.00574. The fourth-order valence-electron chi connectivity index (χ4n) is 2.00. The largest absolute Gasteiger partial charge is 0.378 e.